The Labute approximate surface area is 113 Å². The number of rotatable bonds is 6. The van der Waals surface area contributed by atoms with Gasteiger partial charge in [-0.1, -0.05) is 11.6 Å². The number of aromatic nitrogens is 1. The highest BCUT2D eigenvalue weighted by atomic mass is 35.5. The number of aliphatic hydroxyl groups excluding tert-OH is 1. The minimum Gasteiger partial charge on any atom is -0.391 e. The molecule has 0 aliphatic heterocycles. The van der Waals surface area contributed by atoms with Crippen molar-refractivity contribution in [3.63, 3.8) is 0 Å². The first-order chi connectivity index (χ1) is 8.82. The average molecular weight is 299 g/mol. The molecule has 0 aliphatic carbocycles. The average Bonchev–Trinajstić information content (AvgIpc) is 2.27. The van der Waals surface area contributed by atoms with Crippen LogP contribution in [0.4, 0.5) is 19.0 Å². The number of nitrogens with zero attached hydrogens (tertiary/aromatic N) is 1. The molecule has 0 aromatic carbocycles. The summed E-state index contributed by atoms with van der Waals surface area (Å²) in [6, 6.07) is 1.63. The molecule has 4 nitrogen and oxygen atoms in total. The number of hydrogen-bond acceptors (Lipinski definition) is 4. The second-order valence-corrected chi connectivity index (χ2v) is 4.27. The van der Waals surface area contributed by atoms with Crippen molar-refractivity contribution < 1.29 is 23.0 Å². The van der Waals surface area contributed by atoms with Gasteiger partial charge in [0, 0.05) is 13.7 Å². The maximum Gasteiger partial charge on any atom is 0.416 e. The van der Waals surface area contributed by atoms with E-state index in [4.69, 9.17) is 16.3 Å². The molecule has 19 heavy (non-hydrogen) atoms. The van der Waals surface area contributed by atoms with E-state index in [-0.39, 0.29) is 24.1 Å². The molecule has 0 spiro atoms. The van der Waals surface area contributed by atoms with E-state index < -0.39 is 17.8 Å². The number of halogens is 4. The number of hydrogen-bond donors (Lipinski definition) is 2. The van der Waals surface area contributed by atoms with Crippen LogP contribution in [0.2, 0.25) is 5.15 Å². The predicted molar refractivity (Wildman–Crippen MR) is 65.2 cm³/mol. The monoisotopic (exact) mass is 298 g/mol. The molecule has 108 valence electrons. The molecule has 1 rings (SSSR count). The van der Waals surface area contributed by atoms with Gasteiger partial charge in [0.1, 0.15) is 11.0 Å². The first kappa shape index (κ1) is 16.0. The molecule has 0 fully saturated rings. The second kappa shape index (κ2) is 6.93. The first-order valence-electron chi connectivity index (χ1n) is 5.48. The van der Waals surface area contributed by atoms with Crippen LogP contribution in [0.25, 0.3) is 0 Å². The summed E-state index contributed by atoms with van der Waals surface area (Å²) in [6.07, 6.45) is -4.83. The largest absolute Gasteiger partial charge is 0.416 e. The van der Waals surface area contributed by atoms with Crippen molar-refractivity contribution in [1.82, 2.24) is 4.98 Å². The van der Waals surface area contributed by atoms with Gasteiger partial charge in [-0.25, -0.2) is 4.98 Å². The number of aliphatic hydroxyl groups is 1. The number of pyridine rings is 1. The Balaban J connectivity index is 2.61. The first-order valence-corrected chi connectivity index (χ1v) is 5.86. The van der Waals surface area contributed by atoms with Gasteiger partial charge in [0.2, 0.25) is 0 Å². The van der Waals surface area contributed by atoms with E-state index in [9.17, 15) is 18.3 Å². The van der Waals surface area contributed by atoms with Crippen molar-refractivity contribution in [3.8, 4) is 0 Å². The number of nitrogens with one attached hydrogen (secondary N) is 1. The summed E-state index contributed by atoms with van der Waals surface area (Å²) in [7, 11) is 1.45. The molecule has 0 saturated carbocycles. The van der Waals surface area contributed by atoms with Gasteiger partial charge in [-0.15, -0.1) is 0 Å². The Morgan fingerprint density at radius 2 is 2.16 bits per heavy atom. The number of alkyl halides is 3. The SMILES string of the molecule is COCC(O)CCNc1cc(C(F)(F)F)cc(Cl)n1. The molecule has 2 N–H and O–H groups in total. The molecule has 1 atom stereocenters. The highest BCUT2D eigenvalue weighted by molar-refractivity contribution is 6.29. The topological polar surface area (TPSA) is 54.4 Å². The van der Waals surface area contributed by atoms with Crippen LogP contribution in [0.5, 0.6) is 0 Å². The predicted octanol–water partition coefficient (Wildman–Crippen LogP) is 2.56. The van der Waals surface area contributed by atoms with Crippen LogP contribution in [-0.4, -0.2) is 36.5 Å². The molecule has 1 aromatic rings. The zero-order valence-electron chi connectivity index (χ0n) is 10.2. The summed E-state index contributed by atoms with van der Waals surface area (Å²) >= 11 is 5.53. The van der Waals surface area contributed by atoms with Gasteiger partial charge in [0.15, 0.2) is 0 Å². The van der Waals surface area contributed by atoms with Crippen LogP contribution in [0, 0.1) is 0 Å². The van der Waals surface area contributed by atoms with Gasteiger partial charge in [0.05, 0.1) is 18.3 Å². The highest BCUT2D eigenvalue weighted by Gasteiger charge is 2.31. The van der Waals surface area contributed by atoms with E-state index >= 15 is 0 Å². The fraction of sp³-hybridized carbons (Fsp3) is 0.545. The number of methoxy groups -OCH3 is 1. The second-order valence-electron chi connectivity index (χ2n) is 3.89. The fourth-order valence-corrected chi connectivity index (χ4v) is 1.60. The third-order valence-corrected chi connectivity index (χ3v) is 2.46. The molecule has 0 bridgehead atoms. The van der Waals surface area contributed by atoms with E-state index in [0.29, 0.717) is 6.42 Å². The van der Waals surface area contributed by atoms with E-state index in [0.717, 1.165) is 12.1 Å². The number of anilines is 1. The van der Waals surface area contributed by atoms with Crippen LogP contribution in [0.15, 0.2) is 12.1 Å². The van der Waals surface area contributed by atoms with Gasteiger partial charge < -0.3 is 15.2 Å². The summed E-state index contributed by atoms with van der Waals surface area (Å²) in [5, 5.41) is 11.8. The molecular weight excluding hydrogens is 285 g/mol. The van der Waals surface area contributed by atoms with Crippen LogP contribution in [-0.2, 0) is 10.9 Å². The van der Waals surface area contributed by atoms with E-state index in [1.807, 2.05) is 0 Å². The Morgan fingerprint density at radius 3 is 2.74 bits per heavy atom. The fourth-order valence-electron chi connectivity index (χ4n) is 1.39. The summed E-state index contributed by atoms with van der Waals surface area (Å²) in [6.45, 7) is 0.424. The van der Waals surface area contributed by atoms with Gasteiger partial charge in [0.25, 0.3) is 0 Å². The Hall–Kier alpha value is -1.05. The van der Waals surface area contributed by atoms with E-state index in [1.165, 1.54) is 7.11 Å². The summed E-state index contributed by atoms with van der Waals surface area (Å²) in [4.78, 5) is 3.73. The van der Waals surface area contributed by atoms with Crippen molar-refractivity contribution in [3.05, 3.63) is 22.8 Å². The van der Waals surface area contributed by atoms with Crippen LogP contribution >= 0.6 is 11.6 Å². The van der Waals surface area contributed by atoms with Crippen molar-refractivity contribution in [2.75, 3.05) is 25.6 Å². The lowest BCUT2D eigenvalue weighted by Crippen LogP contribution is -2.19. The van der Waals surface area contributed by atoms with Crippen molar-refractivity contribution in [1.29, 1.82) is 0 Å². The Kier molecular flexibility index (Phi) is 5.84. The zero-order valence-corrected chi connectivity index (χ0v) is 10.9. The van der Waals surface area contributed by atoms with Gasteiger partial charge in [-0.05, 0) is 18.6 Å². The van der Waals surface area contributed by atoms with Crippen LogP contribution < -0.4 is 5.32 Å². The third-order valence-electron chi connectivity index (χ3n) is 2.26. The van der Waals surface area contributed by atoms with Gasteiger partial charge >= 0.3 is 6.18 Å². The molecule has 1 unspecified atom stereocenters. The molecule has 0 radical (unpaired) electrons. The smallest absolute Gasteiger partial charge is 0.391 e. The summed E-state index contributed by atoms with van der Waals surface area (Å²) < 4.78 is 42.3. The van der Waals surface area contributed by atoms with Crippen molar-refractivity contribution in [2.45, 2.75) is 18.7 Å². The molecular formula is C11H14ClF3N2O2. The van der Waals surface area contributed by atoms with Crippen molar-refractivity contribution in [2.24, 2.45) is 0 Å². The highest BCUT2D eigenvalue weighted by Crippen LogP contribution is 2.31. The molecule has 0 amide bonds. The lowest BCUT2D eigenvalue weighted by atomic mass is 10.2. The van der Waals surface area contributed by atoms with Gasteiger partial charge in [-0.2, -0.15) is 13.2 Å². The van der Waals surface area contributed by atoms with Gasteiger partial charge in [-0.3, -0.25) is 0 Å². The lowest BCUT2D eigenvalue weighted by molar-refractivity contribution is -0.137. The maximum atomic E-state index is 12.5. The standard InChI is InChI=1S/C11H14ClF3N2O2/c1-19-6-8(18)2-3-16-10-5-7(11(13,14)15)4-9(12)17-10/h4-5,8,18H,2-3,6H2,1H3,(H,16,17). The molecule has 8 heteroatoms. The minimum atomic E-state index is -4.47. The minimum absolute atomic E-state index is 0.0180. The molecule has 1 aromatic heterocycles. The zero-order chi connectivity index (χ0) is 14.5. The quantitative estimate of drug-likeness (QED) is 0.793. The van der Waals surface area contributed by atoms with Crippen molar-refractivity contribution >= 4 is 17.4 Å². The van der Waals surface area contributed by atoms with Crippen LogP contribution in [0.3, 0.4) is 0 Å². The summed E-state index contributed by atoms with van der Waals surface area (Å²) in [5.74, 6) is 0.0180. The lowest BCUT2D eigenvalue weighted by Gasteiger charge is -2.12. The number of ether oxygens (including phenoxy) is 1. The molecule has 1 heterocycles. The Morgan fingerprint density at radius 1 is 1.47 bits per heavy atom. The maximum absolute atomic E-state index is 12.5. The third kappa shape index (κ3) is 5.63. The normalized spacial score (nSPS) is 13.4. The summed E-state index contributed by atoms with van der Waals surface area (Å²) in [5.41, 5.74) is -0.868. The molecule has 0 saturated heterocycles. The molecule has 0 aliphatic rings. The van der Waals surface area contributed by atoms with Crippen LogP contribution in [0.1, 0.15) is 12.0 Å². The van der Waals surface area contributed by atoms with E-state index in [1.54, 1.807) is 0 Å². The Bertz CT molecular complexity index is 415. The van der Waals surface area contributed by atoms with E-state index in [2.05, 4.69) is 10.3 Å².